The van der Waals surface area contributed by atoms with Gasteiger partial charge in [0.25, 0.3) is 0 Å². The number of hydrogen-bond acceptors (Lipinski definition) is 5. The molecule has 6 heteroatoms. The molecule has 0 aliphatic carbocycles. The summed E-state index contributed by atoms with van der Waals surface area (Å²) in [7, 11) is 0. The van der Waals surface area contributed by atoms with Crippen LogP contribution in [0.25, 0.3) is 0 Å². The van der Waals surface area contributed by atoms with Gasteiger partial charge < -0.3 is 19.7 Å². The van der Waals surface area contributed by atoms with E-state index in [1.165, 1.54) is 89.9 Å². The van der Waals surface area contributed by atoms with E-state index in [2.05, 4.69) is 57.8 Å². The van der Waals surface area contributed by atoms with Gasteiger partial charge in [0.2, 0.25) is 0 Å². The molecule has 1 N–H and O–H groups in total. The predicted octanol–water partition coefficient (Wildman–Crippen LogP) is 12.7. The van der Waals surface area contributed by atoms with Gasteiger partial charge in [-0.2, -0.15) is 0 Å². The highest BCUT2D eigenvalue weighted by atomic mass is 16.6. The van der Waals surface area contributed by atoms with Crippen molar-refractivity contribution in [3.63, 3.8) is 0 Å². The number of amides is 1. The summed E-state index contributed by atoms with van der Waals surface area (Å²) in [5, 5.41) is 2.95. The molecule has 0 aromatic heterocycles. The van der Waals surface area contributed by atoms with Crippen LogP contribution in [0.4, 0.5) is 4.79 Å². The smallest absolute Gasteiger partial charge is 0.407 e. The molecule has 0 rings (SSSR count). The standard InChI is InChI=1S/C44H86N2O4/c1-10-11-12-13-14-18-21-37-49-42(47)31-19-16-15-17-20-34-46(36-33-45-43(48)50-44(7,8)9)35-32-41(6)30-24-29-40(5)28-23-27-39(4)26-22-25-38(2)3/h18,21,38-41H,10-17,19-20,22-37H2,1-9H3,(H,45,48)/b21-18-/t39-,40-,41?/m1/s1. The first-order valence-corrected chi connectivity index (χ1v) is 21.3. The van der Waals surface area contributed by atoms with Crippen LogP contribution >= 0.6 is 0 Å². The number of esters is 1. The minimum absolute atomic E-state index is 0.0783. The Hall–Kier alpha value is -1.56. The molecule has 0 spiro atoms. The number of nitrogens with zero attached hydrogens (tertiary/aromatic N) is 1. The second-order valence-electron chi connectivity index (χ2n) is 17.1. The summed E-state index contributed by atoms with van der Waals surface area (Å²) < 4.78 is 10.8. The Kier molecular flexibility index (Phi) is 31.1. The molecule has 0 aromatic rings. The zero-order valence-electron chi connectivity index (χ0n) is 34.9. The van der Waals surface area contributed by atoms with Crippen LogP contribution in [0.2, 0.25) is 0 Å². The van der Waals surface area contributed by atoms with Crippen LogP contribution < -0.4 is 5.32 Å². The lowest BCUT2D eigenvalue weighted by Gasteiger charge is -2.25. The van der Waals surface area contributed by atoms with Crippen LogP contribution in [0.15, 0.2) is 12.2 Å². The predicted molar refractivity (Wildman–Crippen MR) is 216 cm³/mol. The molecule has 1 unspecified atom stereocenters. The molecule has 0 heterocycles. The van der Waals surface area contributed by atoms with Crippen molar-refractivity contribution >= 4 is 12.1 Å². The van der Waals surface area contributed by atoms with Crippen molar-refractivity contribution in [2.45, 2.75) is 203 Å². The van der Waals surface area contributed by atoms with Gasteiger partial charge in [0, 0.05) is 19.5 Å². The average Bonchev–Trinajstić information content (AvgIpc) is 3.03. The van der Waals surface area contributed by atoms with Gasteiger partial charge in [-0.05, 0) is 89.6 Å². The molecule has 6 nitrogen and oxygen atoms in total. The molecule has 0 saturated heterocycles. The van der Waals surface area contributed by atoms with E-state index in [1.807, 2.05) is 26.8 Å². The molecular weight excluding hydrogens is 620 g/mol. The number of hydrogen-bond donors (Lipinski definition) is 1. The van der Waals surface area contributed by atoms with Crippen LogP contribution in [0, 0.1) is 23.7 Å². The van der Waals surface area contributed by atoms with Crippen molar-refractivity contribution in [2.24, 2.45) is 23.7 Å². The maximum Gasteiger partial charge on any atom is 0.407 e. The molecule has 0 radical (unpaired) electrons. The van der Waals surface area contributed by atoms with Gasteiger partial charge in [0.05, 0.1) is 0 Å². The van der Waals surface area contributed by atoms with E-state index < -0.39 is 5.60 Å². The molecule has 0 aliphatic heterocycles. The van der Waals surface area contributed by atoms with E-state index in [0.717, 1.165) is 75.9 Å². The number of rotatable bonds is 33. The van der Waals surface area contributed by atoms with E-state index in [0.29, 0.717) is 25.5 Å². The Morgan fingerprint density at radius 2 is 1.20 bits per heavy atom. The fourth-order valence-corrected chi connectivity index (χ4v) is 6.53. The van der Waals surface area contributed by atoms with Gasteiger partial charge in [-0.15, -0.1) is 0 Å². The van der Waals surface area contributed by atoms with Crippen LogP contribution in [-0.2, 0) is 14.3 Å². The van der Waals surface area contributed by atoms with Gasteiger partial charge in [0.15, 0.2) is 0 Å². The molecule has 1 amide bonds. The third-order valence-electron chi connectivity index (χ3n) is 9.89. The zero-order valence-corrected chi connectivity index (χ0v) is 34.9. The van der Waals surface area contributed by atoms with Crippen LogP contribution in [-0.4, -0.2) is 55.3 Å². The lowest BCUT2D eigenvalue weighted by atomic mass is 9.90. The minimum atomic E-state index is -0.483. The number of alkyl carbamates (subject to hydrolysis) is 1. The largest absolute Gasteiger partial charge is 0.461 e. The SMILES string of the molecule is CCCCCC/C=C\COC(=O)CCCCCCCN(CCNC(=O)OC(C)(C)C)CCC(C)CCC[C@H](C)CCC[C@H](C)CCCC(C)C. The topological polar surface area (TPSA) is 67.9 Å². The maximum absolute atomic E-state index is 12.2. The number of carbonyl (C=O) groups excluding carboxylic acids is 2. The van der Waals surface area contributed by atoms with E-state index >= 15 is 0 Å². The lowest BCUT2D eigenvalue weighted by molar-refractivity contribution is -0.142. The summed E-state index contributed by atoms with van der Waals surface area (Å²) >= 11 is 0. The molecule has 0 bridgehead atoms. The number of allylic oxidation sites excluding steroid dienone is 1. The average molecular weight is 707 g/mol. The fourth-order valence-electron chi connectivity index (χ4n) is 6.53. The van der Waals surface area contributed by atoms with E-state index in [1.54, 1.807) is 0 Å². The van der Waals surface area contributed by atoms with Crippen LogP contribution in [0.3, 0.4) is 0 Å². The first-order valence-electron chi connectivity index (χ1n) is 21.3. The summed E-state index contributed by atoms with van der Waals surface area (Å²) in [4.78, 5) is 26.8. The lowest BCUT2D eigenvalue weighted by Crippen LogP contribution is -2.39. The highest BCUT2D eigenvalue weighted by Gasteiger charge is 2.16. The molecular formula is C44H86N2O4. The third-order valence-corrected chi connectivity index (χ3v) is 9.89. The Morgan fingerprint density at radius 1 is 0.640 bits per heavy atom. The van der Waals surface area contributed by atoms with Crippen molar-refractivity contribution in [2.75, 3.05) is 32.8 Å². The second kappa shape index (κ2) is 32.1. The number of ether oxygens (including phenoxy) is 2. The van der Waals surface area contributed by atoms with Crippen LogP contribution in [0.5, 0.6) is 0 Å². The summed E-state index contributed by atoms with van der Waals surface area (Å²) in [6.07, 6.45) is 29.3. The molecule has 0 aliphatic rings. The van der Waals surface area contributed by atoms with Crippen molar-refractivity contribution in [1.29, 1.82) is 0 Å². The summed E-state index contributed by atoms with van der Waals surface area (Å²) in [6.45, 7) is 23.9. The monoisotopic (exact) mass is 707 g/mol. The van der Waals surface area contributed by atoms with Crippen molar-refractivity contribution in [1.82, 2.24) is 10.2 Å². The quantitative estimate of drug-likeness (QED) is 0.0418. The molecule has 0 saturated carbocycles. The van der Waals surface area contributed by atoms with Gasteiger partial charge in [-0.25, -0.2) is 4.79 Å². The second-order valence-corrected chi connectivity index (χ2v) is 17.1. The maximum atomic E-state index is 12.2. The Bertz CT molecular complexity index is 821. The molecule has 3 atom stereocenters. The Balaban J connectivity index is 4.33. The van der Waals surface area contributed by atoms with Crippen LogP contribution in [0.1, 0.15) is 197 Å². The number of unbranched alkanes of at least 4 members (excludes halogenated alkanes) is 8. The highest BCUT2D eigenvalue weighted by molar-refractivity contribution is 5.69. The normalized spacial score (nSPS) is 14.0. The van der Waals surface area contributed by atoms with E-state index in [9.17, 15) is 9.59 Å². The van der Waals surface area contributed by atoms with E-state index in [4.69, 9.17) is 9.47 Å². The Labute approximate surface area is 312 Å². The Morgan fingerprint density at radius 3 is 1.80 bits per heavy atom. The molecule has 296 valence electrons. The van der Waals surface area contributed by atoms with Gasteiger partial charge in [0.1, 0.15) is 12.2 Å². The first-order chi connectivity index (χ1) is 23.8. The number of nitrogens with one attached hydrogen (secondary N) is 1. The van der Waals surface area contributed by atoms with Crippen molar-refractivity contribution < 1.29 is 19.1 Å². The number of carbonyl (C=O) groups is 2. The fraction of sp³-hybridized carbons (Fsp3) is 0.909. The van der Waals surface area contributed by atoms with Crippen molar-refractivity contribution in [3.8, 4) is 0 Å². The summed E-state index contributed by atoms with van der Waals surface area (Å²) in [6, 6.07) is 0. The molecule has 50 heavy (non-hydrogen) atoms. The molecule has 0 fully saturated rings. The minimum Gasteiger partial charge on any atom is -0.461 e. The van der Waals surface area contributed by atoms with Crippen molar-refractivity contribution in [3.05, 3.63) is 12.2 Å². The first kappa shape index (κ1) is 48.4. The summed E-state index contributed by atoms with van der Waals surface area (Å²) in [5.74, 6) is 3.18. The zero-order chi connectivity index (χ0) is 37.5. The molecule has 0 aromatic carbocycles. The highest BCUT2D eigenvalue weighted by Crippen LogP contribution is 2.23. The third kappa shape index (κ3) is 34.9. The van der Waals surface area contributed by atoms with Gasteiger partial charge in [-0.3, -0.25) is 4.79 Å². The summed E-state index contributed by atoms with van der Waals surface area (Å²) in [5.41, 5.74) is -0.483. The van der Waals surface area contributed by atoms with Gasteiger partial charge >= 0.3 is 12.1 Å². The van der Waals surface area contributed by atoms with E-state index in [-0.39, 0.29) is 12.1 Å². The van der Waals surface area contributed by atoms with Gasteiger partial charge in [-0.1, -0.05) is 150 Å².